The minimum Gasteiger partial charge on any atom is -0.465 e. The van der Waals surface area contributed by atoms with E-state index in [1.54, 1.807) is 24.5 Å². The van der Waals surface area contributed by atoms with Crippen LogP contribution in [0, 0.1) is 24.0 Å². The number of nitro groups is 1. The van der Waals surface area contributed by atoms with Crippen molar-refractivity contribution in [2.24, 2.45) is 0 Å². The second-order valence-corrected chi connectivity index (χ2v) is 6.15. The van der Waals surface area contributed by atoms with E-state index in [1.807, 2.05) is 0 Å². The molecule has 0 aliphatic carbocycles. The standard InChI is InChI=1S/C17H16N6O6/c1-9-4-12(10(2)22(9)17-18-8-19-20-17)14(24)7-21-6-11(16(26)29-3)5-13(15(21)25)23(27)28/h4-6,8H,7H2,1-3H3,(H,18,19,20). The summed E-state index contributed by atoms with van der Waals surface area (Å²) in [5.41, 5.74) is -0.483. The first-order valence-corrected chi connectivity index (χ1v) is 8.29. The van der Waals surface area contributed by atoms with E-state index in [0.717, 1.165) is 23.9 Å². The van der Waals surface area contributed by atoms with Crippen LogP contribution < -0.4 is 5.56 Å². The molecule has 12 heteroatoms. The van der Waals surface area contributed by atoms with Crippen LogP contribution in [0.2, 0.25) is 0 Å². The van der Waals surface area contributed by atoms with Crippen LogP contribution in [0.25, 0.3) is 5.95 Å². The van der Waals surface area contributed by atoms with Crippen LogP contribution in [-0.4, -0.2) is 48.1 Å². The summed E-state index contributed by atoms with van der Waals surface area (Å²) in [6, 6.07) is 2.44. The summed E-state index contributed by atoms with van der Waals surface area (Å²) in [6.07, 6.45) is 2.39. The van der Waals surface area contributed by atoms with E-state index in [-0.39, 0.29) is 5.56 Å². The summed E-state index contributed by atoms with van der Waals surface area (Å²) in [7, 11) is 1.10. The van der Waals surface area contributed by atoms with Crippen molar-refractivity contribution in [1.29, 1.82) is 0 Å². The molecular formula is C17H16N6O6. The average Bonchev–Trinajstić information content (AvgIpc) is 3.29. The van der Waals surface area contributed by atoms with Gasteiger partial charge in [-0.05, 0) is 19.9 Å². The highest BCUT2D eigenvalue weighted by molar-refractivity contribution is 5.97. The third-order valence-electron chi connectivity index (χ3n) is 4.34. The number of ether oxygens (including phenoxy) is 1. The molecule has 0 radical (unpaired) electrons. The minimum absolute atomic E-state index is 0.210. The van der Waals surface area contributed by atoms with E-state index in [4.69, 9.17) is 0 Å². The summed E-state index contributed by atoms with van der Waals surface area (Å²) in [5.74, 6) is -0.917. The van der Waals surface area contributed by atoms with Gasteiger partial charge in [0, 0.05) is 29.2 Å². The molecule has 0 aliphatic heterocycles. The Morgan fingerprint density at radius 3 is 2.62 bits per heavy atom. The van der Waals surface area contributed by atoms with E-state index in [2.05, 4.69) is 19.9 Å². The lowest BCUT2D eigenvalue weighted by Crippen LogP contribution is -2.27. The molecular weight excluding hydrogens is 384 g/mol. The van der Waals surface area contributed by atoms with Crippen LogP contribution in [0.1, 0.15) is 32.1 Å². The molecule has 3 heterocycles. The molecule has 3 rings (SSSR count). The number of pyridine rings is 1. The summed E-state index contributed by atoms with van der Waals surface area (Å²) in [4.78, 5) is 51.3. The first kappa shape index (κ1) is 19.7. The second-order valence-electron chi connectivity index (χ2n) is 6.15. The van der Waals surface area contributed by atoms with Gasteiger partial charge in [-0.15, -0.1) is 0 Å². The van der Waals surface area contributed by atoms with E-state index >= 15 is 0 Å². The molecule has 0 saturated carbocycles. The third-order valence-corrected chi connectivity index (χ3v) is 4.34. The molecule has 0 aromatic carbocycles. The monoisotopic (exact) mass is 400 g/mol. The molecule has 0 spiro atoms. The third kappa shape index (κ3) is 3.54. The molecule has 0 bridgehead atoms. The van der Waals surface area contributed by atoms with E-state index < -0.39 is 34.5 Å². The fraction of sp³-hybridized carbons (Fsp3) is 0.235. The number of ketones is 1. The Morgan fingerprint density at radius 1 is 1.31 bits per heavy atom. The van der Waals surface area contributed by atoms with E-state index in [1.165, 1.54) is 6.33 Å². The van der Waals surface area contributed by atoms with Crippen molar-refractivity contribution in [3.8, 4) is 5.95 Å². The van der Waals surface area contributed by atoms with Crippen molar-refractivity contribution in [2.45, 2.75) is 20.4 Å². The molecule has 3 aromatic heterocycles. The number of hydrogen-bond donors (Lipinski definition) is 1. The van der Waals surface area contributed by atoms with Crippen LogP contribution >= 0.6 is 0 Å². The number of carbonyl (C=O) groups excluding carboxylic acids is 2. The number of aromatic nitrogens is 5. The predicted molar refractivity (Wildman–Crippen MR) is 98.2 cm³/mol. The van der Waals surface area contributed by atoms with Gasteiger partial charge in [0.1, 0.15) is 6.33 Å². The molecule has 150 valence electrons. The number of nitrogens with one attached hydrogen (secondary N) is 1. The van der Waals surface area contributed by atoms with Crippen molar-refractivity contribution in [2.75, 3.05) is 7.11 Å². The van der Waals surface area contributed by atoms with Crippen molar-refractivity contribution >= 4 is 17.4 Å². The molecule has 0 fully saturated rings. The highest BCUT2D eigenvalue weighted by atomic mass is 16.6. The molecule has 1 N–H and O–H groups in total. The Kier molecular flexibility index (Phi) is 5.08. The smallest absolute Gasteiger partial charge is 0.339 e. The predicted octanol–water partition coefficient (Wildman–Crippen LogP) is 0.952. The zero-order valence-electron chi connectivity index (χ0n) is 15.7. The number of nitrogens with zero attached hydrogens (tertiary/aromatic N) is 5. The molecule has 0 unspecified atom stereocenters. The van der Waals surface area contributed by atoms with Crippen molar-refractivity contribution in [3.63, 3.8) is 0 Å². The lowest BCUT2D eigenvalue weighted by atomic mass is 10.1. The Morgan fingerprint density at radius 2 is 2.03 bits per heavy atom. The van der Waals surface area contributed by atoms with Gasteiger partial charge in [-0.1, -0.05) is 0 Å². The van der Waals surface area contributed by atoms with Gasteiger partial charge in [0.05, 0.1) is 24.1 Å². The number of Topliss-reactive ketones (excluding diaryl/α,β-unsaturated/α-hetero) is 1. The van der Waals surface area contributed by atoms with Gasteiger partial charge in [0.25, 0.3) is 0 Å². The fourth-order valence-electron chi connectivity index (χ4n) is 3.02. The van der Waals surface area contributed by atoms with E-state index in [9.17, 15) is 24.5 Å². The van der Waals surface area contributed by atoms with Crippen LogP contribution in [0.3, 0.4) is 0 Å². The average molecular weight is 400 g/mol. The van der Waals surface area contributed by atoms with Gasteiger partial charge in [-0.25, -0.2) is 9.89 Å². The maximum Gasteiger partial charge on any atom is 0.339 e. The van der Waals surface area contributed by atoms with Gasteiger partial charge >= 0.3 is 17.2 Å². The Labute approximate surface area is 162 Å². The number of H-pyrrole nitrogens is 1. The fourth-order valence-corrected chi connectivity index (χ4v) is 3.02. The number of hydrogen-bond acceptors (Lipinski definition) is 8. The molecule has 3 aromatic rings. The van der Waals surface area contributed by atoms with Crippen molar-refractivity contribution < 1.29 is 19.2 Å². The second kappa shape index (κ2) is 7.50. The maximum atomic E-state index is 12.8. The zero-order valence-corrected chi connectivity index (χ0v) is 15.7. The quantitative estimate of drug-likeness (QED) is 0.277. The minimum atomic E-state index is -1.000. The van der Waals surface area contributed by atoms with Gasteiger partial charge in [0.2, 0.25) is 5.95 Å². The maximum absolute atomic E-state index is 12.8. The van der Waals surface area contributed by atoms with Crippen LogP contribution in [0.15, 0.2) is 29.5 Å². The SMILES string of the molecule is COC(=O)c1cc([N+](=O)[O-])c(=O)n(CC(=O)c2cc(C)n(-c3ncn[nH]3)c2C)c1. The van der Waals surface area contributed by atoms with E-state index in [0.29, 0.717) is 22.9 Å². The zero-order chi connectivity index (χ0) is 21.3. The largest absolute Gasteiger partial charge is 0.465 e. The number of aromatic amines is 1. The number of aryl methyl sites for hydroxylation is 1. The summed E-state index contributed by atoms with van der Waals surface area (Å²) in [6.45, 7) is 2.96. The first-order valence-electron chi connectivity index (χ1n) is 8.29. The Hall–Kier alpha value is -4.09. The number of esters is 1. The Balaban J connectivity index is 2.03. The summed E-state index contributed by atoms with van der Waals surface area (Å²) >= 11 is 0. The Bertz CT molecular complexity index is 1170. The topological polar surface area (TPSA) is 155 Å². The lowest BCUT2D eigenvalue weighted by Gasteiger charge is -2.08. The number of rotatable bonds is 6. The highest BCUT2D eigenvalue weighted by Crippen LogP contribution is 2.19. The number of methoxy groups -OCH3 is 1. The first-order chi connectivity index (χ1) is 13.7. The van der Waals surface area contributed by atoms with Crippen LogP contribution in [0.5, 0.6) is 0 Å². The molecule has 12 nitrogen and oxygen atoms in total. The highest BCUT2D eigenvalue weighted by Gasteiger charge is 2.23. The molecule has 29 heavy (non-hydrogen) atoms. The molecule has 0 aliphatic rings. The summed E-state index contributed by atoms with van der Waals surface area (Å²) < 4.78 is 7.06. The van der Waals surface area contributed by atoms with Crippen molar-refractivity contribution in [3.05, 3.63) is 67.6 Å². The molecule has 0 saturated heterocycles. The van der Waals surface area contributed by atoms with Crippen molar-refractivity contribution in [1.82, 2.24) is 24.3 Å². The summed E-state index contributed by atoms with van der Waals surface area (Å²) in [5, 5.41) is 17.6. The number of carbonyl (C=O) groups is 2. The van der Waals surface area contributed by atoms with Gasteiger partial charge in [-0.2, -0.15) is 10.1 Å². The van der Waals surface area contributed by atoms with Crippen LogP contribution in [-0.2, 0) is 11.3 Å². The molecule has 0 atom stereocenters. The van der Waals surface area contributed by atoms with Gasteiger partial charge in [0.15, 0.2) is 5.78 Å². The van der Waals surface area contributed by atoms with Gasteiger partial charge in [-0.3, -0.25) is 24.3 Å². The van der Waals surface area contributed by atoms with Crippen LogP contribution in [0.4, 0.5) is 5.69 Å². The molecule has 0 amide bonds. The normalized spacial score (nSPS) is 10.7. The lowest BCUT2D eigenvalue weighted by molar-refractivity contribution is -0.386. The van der Waals surface area contributed by atoms with Gasteiger partial charge < -0.3 is 9.30 Å².